The average molecular weight is 477 g/mol. The molecule has 0 aliphatic heterocycles. The first kappa shape index (κ1) is 23.1. The van der Waals surface area contributed by atoms with Gasteiger partial charge in [-0.15, -0.1) is 11.8 Å². The Morgan fingerprint density at radius 1 is 1.03 bits per heavy atom. The van der Waals surface area contributed by atoms with Crippen molar-refractivity contribution in [1.29, 1.82) is 0 Å². The zero-order valence-electron chi connectivity index (χ0n) is 17.1. The number of nitrogens with zero attached hydrogens (tertiary/aromatic N) is 2. The third kappa shape index (κ3) is 6.43. The number of thioether (sulfide) groups is 1. The Hall–Kier alpha value is -2.62. The van der Waals surface area contributed by atoms with E-state index in [0.29, 0.717) is 22.2 Å². The van der Waals surface area contributed by atoms with Crippen LogP contribution in [-0.2, 0) is 14.8 Å². The average Bonchev–Trinajstić information content (AvgIpc) is 2.69. The monoisotopic (exact) mass is 476 g/mol. The number of aromatic nitrogens is 2. The third-order valence-electron chi connectivity index (χ3n) is 4.13. The fourth-order valence-corrected chi connectivity index (χ4v) is 4.68. The number of halogens is 1. The van der Waals surface area contributed by atoms with Crippen LogP contribution in [0.4, 0.5) is 11.5 Å². The SMILES string of the molecule is Cc1cc(NS(=O)(=O)c2ccc(NC(=O)[C@H](C)Sc3ccc(Cl)cc3)cc2)nc(C)n1. The van der Waals surface area contributed by atoms with E-state index in [1.807, 2.05) is 12.1 Å². The largest absolute Gasteiger partial charge is 0.325 e. The number of hydrogen-bond donors (Lipinski definition) is 2. The summed E-state index contributed by atoms with van der Waals surface area (Å²) in [6.45, 7) is 5.24. The Bertz CT molecular complexity index is 1160. The molecule has 3 aromatic rings. The van der Waals surface area contributed by atoms with Crippen LogP contribution in [0.2, 0.25) is 5.02 Å². The molecule has 7 nitrogen and oxygen atoms in total. The highest BCUT2D eigenvalue weighted by Crippen LogP contribution is 2.26. The van der Waals surface area contributed by atoms with Crippen LogP contribution < -0.4 is 10.0 Å². The Labute approximate surface area is 190 Å². The number of hydrogen-bond acceptors (Lipinski definition) is 6. The van der Waals surface area contributed by atoms with Gasteiger partial charge in [0.2, 0.25) is 5.91 Å². The molecule has 162 valence electrons. The van der Waals surface area contributed by atoms with Crippen LogP contribution in [0, 0.1) is 13.8 Å². The van der Waals surface area contributed by atoms with Crippen LogP contribution in [0.25, 0.3) is 0 Å². The van der Waals surface area contributed by atoms with Crippen molar-refractivity contribution < 1.29 is 13.2 Å². The van der Waals surface area contributed by atoms with E-state index in [4.69, 9.17) is 11.6 Å². The molecule has 0 saturated heterocycles. The Kier molecular flexibility index (Phi) is 7.19. The van der Waals surface area contributed by atoms with E-state index in [2.05, 4.69) is 20.0 Å². The summed E-state index contributed by atoms with van der Waals surface area (Å²) < 4.78 is 27.7. The topological polar surface area (TPSA) is 101 Å². The lowest BCUT2D eigenvalue weighted by atomic mass is 10.3. The summed E-state index contributed by atoms with van der Waals surface area (Å²) in [6.07, 6.45) is 0. The van der Waals surface area contributed by atoms with Crippen LogP contribution in [-0.4, -0.2) is 29.5 Å². The first-order valence-electron chi connectivity index (χ1n) is 9.31. The van der Waals surface area contributed by atoms with Gasteiger partial charge >= 0.3 is 0 Å². The number of benzene rings is 2. The minimum absolute atomic E-state index is 0.0583. The molecule has 1 atom stereocenters. The Morgan fingerprint density at radius 2 is 1.68 bits per heavy atom. The van der Waals surface area contributed by atoms with Crippen molar-refractivity contribution in [2.24, 2.45) is 0 Å². The van der Waals surface area contributed by atoms with Crippen LogP contribution in [0.3, 0.4) is 0 Å². The molecule has 1 heterocycles. The van der Waals surface area contributed by atoms with E-state index < -0.39 is 10.0 Å². The minimum atomic E-state index is -3.82. The number of nitrogens with one attached hydrogen (secondary N) is 2. The molecule has 10 heteroatoms. The maximum atomic E-state index is 12.6. The van der Waals surface area contributed by atoms with Crippen molar-refractivity contribution in [2.45, 2.75) is 35.8 Å². The van der Waals surface area contributed by atoms with Gasteiger partial charge in [-0.05, 0) is 69.3 Å². The summed E-state index contributed by atoms with van der Waals surface area (Å²) in [5.41, 5.74) is 1.16. The van der Waals surface area contributed by atoms with Gasteiger partial charge in [-0.25, -0.2) is 18.4 Å². The zero-order chi connectivity index (χ0) is 22.6. The van der Waals surface area contributed by atoms with Crippen molar-refractivity contribution in [2.75, 3.05) is 10.0 Å². The maximum absolute atomic E-state index is 12.6. The zero-order valence-corrected chi connectivity index (χ0v) is 19.5. The summed E-state index contributed by atoms with van der Waals surface area (Å²) in [6, 6.07) is 14.7. The molecule has 1 aromatic heterocycles. The summed E-state index contributed by atoms with van der Waals surface area (Å²) in [5, 5.41) is 3.08. The second kappa shape index (κ2) is 9.67. The minimum Gasteiger partial charge on any atom is -0.325 e. The fraction of sp³-hybridized carbons (Fsp3) is 0.190. The smallest absolute Gasteiger partial charge is 0.263 e. The normalized spacial score (nSPS) is 12.3. The quantitative estimate of drug-likeness (QED) is 0.480. The lowest BCUT2D eigenvalue weighted by molar-refractivity contribution is -0.115. The molecule has 0 unspecified atom stereocenters. The molecule has 0 spiro atoms. The predicted molar refractivity (Wildman–Crippen MR) is 124 cm³/mol. The molecule has 0 fully saturated rings. The maximum Gasteiger partial charge on any atom is 0.263 e. The Balaban J connectivity index is 1.64. The molecule has 0 aliphatic carbocycles. The van der Waals surface area contributed by atoms with Gasteiger partial charge in [-0.1, -0.05) is 11.6 Å². The number of sulfonamides is 1. The van der Waals surface area contributed by atoms with Gasteiger partial charge in [0.15, 0.2) is 0 Å². The van der Waals surface area contributed by atoms with Crippen molar-refractivity contribution in [3.63, 3.8) is 0 Å². The van der Waals surface area contributed by atoms with E-state index in [0.717, 1.165) is 4.90 Å². The van der Waals surface area contributed by atoms with E-state index >= 15 is 0 Å². The van der Waals surface area contributed by atoms with E-state index in [-0.39, 0.29) is 21.9 Å². The third-order valence-corrected chi connectivity index (χ3v) is 6.87. The van der Waals surface area contributed by atoms with Gasteiger partial charge < -0.3 is 5.32 Å². The summed E-state index contributed by atoms with van der Waals surface area (Å²) >= 11 is 7.28. The number of amides is 1. The first-order chi connectivity index (χ1) is 14.6. The molecular weight excluding hydrogens is 456 g/mol. The highest BCUT2D eigenvalue weighted by molar-refractivity contribution is 8.00. The van der Waals surface area contributed by atoms with E-state index in [9.17, 15) is 13.2 Å². The molecule has 0 radical (unpaired) electrons. The van der Waals surface area contributed by atoms with Gasteiger partial charge in [0, 0.05) is 27.4 Å². The van der Waals surface area contributed by atoms with Gasteiger partial charge in [0.1, 0.15) is 11.6 Å². The molecule has 0 aliphatic rings. The standard InChI is InChI=1S/C21H21ClN4O3S2/c1-13-12-20(24-15(3)23-13)26-31(28,29)19-10-6-17(7-11-19)25-21(27)14(2)30-18-8-4-16(22)5-9-18/h4-12,14H,1-3H3,(H,25,27)(H,23,24,26)/t14-/m0/s1. The summed E-state index contributed by atoms with van der Waals surface area (Å²) in [4.78, 5) is 21.7. The number of anilines is 2. The molecule has 0 bridgehead atoms. The van der Waals surface area contributed by atoms with E-state index in [1.54, 1.807) is 51.1 Å². The van der Waals surface area contributed by atoms with Gasteiger partial charge in [0.05, 0.1) is 10.1 Å². The van der Waals surface area contributed by atoms with Crippen molar-refractivity contribution in [3.05, 3.63) is 71.1 Å². The molecule has 0 saturated carbocycles. The second-order valence-electron chi connectivity index (χ2n) is 6.77. The molecule has 31 heavy (non-hydrogen) atoms. The lowest BCUT2D eigenvalue weighted by Gasteiger charge is -2.13. The highest BCUT2D eigenvalue weighted by Gasteiger charge is 2.17. The van der Waals surface area contributed by atoms with Crippen LogP contribution >= 0.6 is 23.4 Å². The van der Waals surface area contributed by atoms with E-state index in [1.165, 1.54) is 23.9 Å². The molecule has 3 rings (SSSR count). The van der Waals surface area contributed by atoms with Gasteiger partial charge in [-0.3, -0.25) is 9.52 Å². The van der Waals surface area contributed by atoms with Crippen LogP contribution in [0.15, 0.2) is 64.4 Å². The number of rotatable bonds is 7. The second-order valence-corrected chi connectivity index (χ2v) is 10.3. The van der Waals surface area contributed by atoms with Gasteiger partial charge in [0.25, 0.3) is 10.0 Å². The predicted octanol–water partition coefficient (Wildman–Crippen LogP) is 4.67. The van der Waals surface area contributed by atoms with Crippen molar-refractivity contribution in [1.82, 2.24) is 9.97 Å². The summed E-state index contributed by atoms with van der Waals surface area (Å²) in [5.74, 6) is 0.484. The Morgan fingerprint density at radius 3 is 2.29 bits per heavy atom. The molecule has 2 N–H and O–H groups in total. The lowest BCUT2D eigenvalue weighted by Crippen LogP contribution is -2.22. The molecule has 1 amide bonds. The molecule has 2 aromatic carbocycles. The van der Waals surface area contributed by atoms with Crippen molar-refractivity contribution >= 4 is 50.8 Å². The highest BCUT2D eigenvalue weighted by atomic mass is 35.5. The van der Waals surface area contributed by atoms with Gasteiger partial charge in [-0.2, -0.15) is 0 Å². The van der Waals surface area contributed by atoms with Crippen LogP contribution in [0.1, 0.15) is 18.4 Å². The number of carbonyl (C=O) groups is 1. The molecular formula is C21H21ClN4O3S2. The summed E-state index contributed by atoms with van der Waals surface area (Å²) in [7, 11) is -3.82. The van der Waals surface area contributed by atoms with Crippen molar-refractivity contribution in [3.8, 4) is 0 Å². The number of aryl methyl sites for hydroxylation is 2. The van der Waals surface area contributed by atoms with Crippen LogP contribution in [0.5, 0.6) is 0 Å². The first-order valence-corrected chi connectivity index (χ1v) is 12.0. The number of carbonyl (C=O) groups excluding carboxylic acids is 1. The fourth-order valence-electron chi connectivity index (χ4n) is 2.70.